The van der Waals surface area contributed by atoms with Gasteiger partial charge in [0.1, 0.15) is 5.75 Å². The number of fused-ring (bicyclic) bond motifs is 2. The standard InChI is InChI=1S/C44H50N4O8Si/c1-30-42(57(3,4)36-19-17-35(55-2)18-20-36)39(27-41(51)45(23-24-49)28-31-11-6-5-7-12-31)56-44(30)37-26-34(48(53)54)16-21-38(37)47(43(44)52)29-32-13-10-14-33(25-32)46-22-9-8-15-40(46)50/h5-7,10-14,16-21,25-26,30,39,42,49H,8-9,15,22-24,27-29H2,1-4H3/t30-,39+,42-,44+/m0/s1. The van der Waals surface area contributed by atoms with E-state index in [0.29, 0.717) is 36.5 Å². The second kappa shape index (κ2) is 16.2. The van der Waals surface area contributed by atoms with Gasteiger partial charge in [-0.3, -0.25) is 24.5 Å². The van der Waals surface area contributed by atoms with Gasteiger partial charge in [-0.05, 0) is 59.8 Å². The maximum atomic E-state index is 15.4. The van der Waals surface area contributed by atoms with E-state index in [1.807, 2.05) is 85.8 Å². The van der Waals surface area contributed by atoms with Crippen LogP contribution < -0.4 is 19.7 Å². The highest BCUT2D eigenvalue weighted by atomic mass is 28.3. The lowest BCUT2D eigenvalue weighted by Crippen LogP contribution is -2.52. The fourth-order valence-electron chi connectivity index (χ4n) is 9.37. The van der Waals surface area contributed by atoms with Crippen molar-refractivity contribution in [1.82, 2.24) is 4.90 Å². The van der Waals surface area contributed by atoms with E-state index in [9.17, 15) is 24.8 Å². The number of ether oxygens (including phenoxy) is 2. The Morgan fingerprint density at radius 2 is 1.74 bits per heavy atom. The van der Waals surface area contributed by atoms with Crippen molar-refractivity contribution < 1.29 is 33.9 Å². The van der Waals surface area contributed by atoms with Crippen molar-refractivity contribution in [3.8, 4) is 5.75 Å². The number of hydrogen-bond donors (Lipinski definition) is 1. The van der Waals surface area contributed by atoms with Crippen molar-refractivity contribution in [2.45, 2.75) is 76.0 Å². The largest absolute Gasteiger partial charge is 0.497 e. The molecule has 2 fully saturated rings. The number of hydrogen-bond acceptors (Lipinski definition) is 8. The van der Waals surface area contributed by atoms with E-state index in [-0.39, 0.29) is 55.1 Å². The van der Waals surface area contributed by atoms with Crippen molar-refractivity contribution in [3.05, 3.63) is 124 Å². The lowest BCUT2D eigenvalue weighted by molar-refractivity contribution is -0.385. The molecule has 1 spiro atoms. The summed E-state index contributed by atoms with van der Waals surface area (Å²) < 4.78 is 12.6. The van der Waals surface area contributed by atoms with Gasteiger partial charge in [-0.1, -0.05) is 79.8 Å². The summed E-state index contributed by atoms with van der Waals surface area (Å²) in [7, 11) is -1.04. The molecule has 0 radical (unpaired) electrons. The molecule has 4 aromatic rings. The predicted molar refractivity (Wildman–Crippen MR) is 220 cm³/mol. The average Bonchev–Trinajstić information content (AvgIpc) is 3.63. The summed E-state index contributed by atoms with van der Waals surface area (Å²) >= 11 is 0. The molecule has 3 amide bonds. The third-order valence-electron chi connectivity index (χ3n) is 12.2. The van der Waals surface area contributed by atoms with Gasteiger partial charge in [0.25, 0.3) is 11.6 Å². The molecule has 0 saturated carbocycles. The summed E-state index contributed by atoms with van der Waals surface area (Å²) in [5, 5.41) is 23.4. The lowest BCUT2D eigenvalue weighted by atomic mass is 9.82. The molecule has 3 aliphatic rings. The van der Waals surface area contributed by atoms with Gasteiger partial charge in [0.2, 0.25) is 11.8 Å². The zero-order valence-corrected chi connectivity index (χ0v) is 33.9. The first-order chi connectivity index (χ1) is 27.4. The third-order valence-corrected chi connectivity index (χ3v) is 16.6. The van der Waals surface area contributed by atoms with Gasteiger partial charge in [0.15, 0.2) is 5.60 Å². The number of carbonyl (C=O) groups excluding carboxylic acids is 3. The fraction of sp³-hybridized carbons (Fsp3) is 0.386. The molecule has 1 N–H and O–H groups in total. The number of nitro groups is 1. The van der Waals surface area contributed by atoms with Gasteiger partial charge in [-0.15, -0.1) is 0 Å². The second-order valence-corrected chi connectivity index (χ2v) is 20.6. The summed E-state index contributed by atoms with van der Waals surface area (Å²) in [5.41, 5.74) is 1.30. The lowest BCUT2D eigenvalue weighted by Gasteiger charge is -2.37. The minimum absolute atomic E-state index is 0.0559. The molecule has 0 aliphatic carbocycles. The molecule has 2 saturated heterocycles. The van der Waals surface area contributed by atoms with E-state index in [1.165, 1.54) is 12.1 Å². The van der Waals surface area contributed by atoms with Gasteiger partial charge >= 0.3 is 0 Å². The van der Waals surface area contributed by atoms with Crippen molar-refractivity contribution in [3.63, 3.8) is 0 Å². The maximum Gasteiger partial charge on any atom is 0.269 e. The highest BCUT2D eigenvalue weighted by Crippen LogP contribution is 2.60. The predicted octanol–water partition coefficient (Wildman–Crippen LogP) is 6.29. The van der Waals surface area contributed by atoms with Crippen LogP contribution in [0.4, 0.5) is 17.1 Å². The SMILES string of the molecule is COc1ccc([Si](C)(C)[C@@H]2[C@@H](CC(=O)N(CCO)Cc3ccccc3)O[C@]3(C(=O)N(Cc4cccc(N5CCCCC5=O)c4)c4ccc([N+](=O)[O-])cc43)[C@H]2C)cc1. The summed E-state index contributed by atoms with van der Waals surface area (Å²) in [5.74, 6) is -0.301. The number of rotatable bonds is 13. The number of aliphatic hydroxyl groups is 1. The molecule has 3 heterocycles. The molecule has 13 heteroatoms. The Kier molecular flexibility index (Phi) is 11.4. The topological polar surface area (TPSA) is 143 Å². The number of anilines is 2. The van der Waals surface area contributed by atoms with E-state index in [1.54, 1.807) is 27.9 Å². The van der Waals surface area contributed by atoms with E-state index in [2.05, 4.69) is 13.1 Å². The fourth-order valence-corrected chi connectivity index (χ4v) is 13.4. The number of nitrogens with zero attached hydrogens (tertiary/aromatic N) is 4. The van der Waals surface area contributed by atoms with Crippen LogP contribution in [0.5, 0.6) is 5.75 Å². The van der Waals surface area contributed by atoms with Crippen molar-refractivity contribution in [2.24, 2.45) is 5.92 Å². The quantitative estimate of drug-likeness (QED) is 0.0946. The molecule has 0 bridgehead atoms. The van der Waals surface area contributed by atoms with E-state index in [0.717, 1.165) is 34.8 Å². The number of benzene rings is 4. The van der Waals surface area contributed by atoms with Crippen LogP contribution in [0, 0.1) is 16.0 Å². The zero-order chi connectivity index (χ0) is 40.5. The molecule has 57 heavy (non-hydrogen) atoms. The Balaban J connectivity index is 1.30. The number of carbonyl (C=O) groups is 3. The highest BCUT2D eigenvalue weighted by Gasteiger charge is 2.66. The highest BCUT2D eigenvalue weighted by molar-refractivity contribution is 6.91. The first-order valence-electron chi connectivity index (χ1n) is 19.6. The Bertz CT molecular complexity index is 2150. The third kappa shape index (κ3) is 7.47. The van der Waals surface area contributed by atoms with Gasteiger partial charge in [-0.2, -0.15) is 0 Å². The van der Waals surface area contributed by atoms with Crippen LogP contribution >= 0.6 is 0 Å². The Morgan fingerprint density at radius 1 is 1.00 bits per heavy atom. The van der Waals surface area contributed by atoms with Gasteiger partial charge < -0.3 is 29.3 Å². The minimum atomic E-state index is -2.65. The number of aliphatic hydroxyl groups excluding tert-OH is 1. The smallest absolute Gasteiger partial charge is 0.269 e. The van der Waals surface area contributed by atoms with Crippen LogP contribution in [0.15, 0.2) is 97.1 Å². The normalized spacial score (nSPS) is 21.9. The number of piperidine rings is 1. The van der Waals surface area contributed by atoms with Crippen LogP contribution in [0.25, 0.3) is 0 Å². The summed E-state index contributed by atoms with van der Waals surface area (Å²) in [6.45, 7) is 7.37. The first kappa shape index (κ1) is 39.8. The van der Waals surface area contributed by atoms with Crippen LogP contribution in [0.3, 0.4) is 0 Å². The molecule has 4 atom stereocenters. The van der Waals surface area contributed by atoms with E-state index >= 15 is 4.79 Å². The second-order valence-electron chi connectivity index (χ2n) is 15.9. The summed E-state index contributed by atoms with van der Waals surface area (Å²) in [6, 6.07) is 29.6. The molecule has 12 nitrogen and oxygen atoms in total. The molecular weight excluding hydrogens is 741 g/mol. The molecule has 7 rings (SSSR count). The number of non-ortho nitro benzene ring substituents is 1. The van der Waals surface area contributed by atoms with Crippen LogP contribution in [-0.2, 0) is 37.8 Å². The average molecular weight is 791 g/mol. The Hall–Kier alpha value is -5.37. The van der Waals surface area contributed by atoms with E-state index in [4.69, 9.17) is 9.47 Å². The summed E-state index contributed by atoms with van der Waals surface area (Å²) in [6.07, 6.45) is 1.47. The summed E-state index contributed by atoms with van der Waals surface area (Å²) in [4.78, 5) is 59.4. The van der Waals surface area contributed by atoms with Gasteiger partial charge in [-0.25, -0.2) is 0 Å². The van der Waals surface area contributed by atoms with E-state index < -0.39 is 30.6 Å². The Morgan fingerprint density at radius 3 is 2.42 bits per heavy atom. The van der Waals surface area contributed by atoms with Crippen molar-refractivity contribution in [2.75, 3.05) is 36.6 Å². The van der Waals surface area contributed by atoms with Crippen molar-refractivity contribution >= 4 is 48.0 Å². The minimum Gasteiger partial charge on any atom is -0.497 e. The van der Waals surface area contributed by atoms with Crippen LogP contribution in [0.1, 0.15) is 49.3 Å². The number of nitro benzene ring substituents is 1. The molecular formula is C44H50N4O8Si. The number of methoxy groups -OCH3 is 1. The molecule has 0 aromatic heterocycles. The molecule has 298 valence electrons. The molecule has 3 aliphatic heterocycles. The van der Waals surface area contributed by atoms with Crippen LogP contribution in [-0.4, -0.2) is 73.6 Å². The monoisotopic (exact) mass is 790 g/mol. The van der Waals surface area contributed by atoms with Crippen molar-refractivity contribution in [1.29, 1.82) is 0 Å². The Labute approximate surface area is 334 Å². The van der Waals surface area contributed by atoms with Gasteiger partial charge in [0.05, 0.1) is 51.5 Å². The number of amides is 3. The molecule has 4 aromatic carbocycles. The maximum absolute atomic E-state index is 15.4. The van der Waals surface area contributed by atoms with Gasteiger partial charge in [0, 0.05) is 55.4 Å². The zero-order valence-electron chi connectivity index (χ0n) is 32.9. The molecule has 0 unspecified atom stereocenters. The van der Waals surface area contributed by atoms with Crippen LogP contribution in [0.2, 0.25) is 18.6 Å². The first-order valence-corrected chi connectivity index (χ1v) is 22.7.